The summed E-state index contributed by atoms with van der Waals surface area (Å²) in [7, 11) is 0. The van der Waals surface area contributed by atoms with Crippen molar-refractivity contribution in [3.63, 3.8) is 0 Å². The first kappa shape index (κ1) is 26.4. The molecule has 1 aliphatic rings. The minimum Gasteiger partial charge on any atom is -0.490 e. The van der Waals surface area contributed by atoms with E-state index in [9.17, 15) is 14.0 Å². The van der Waals surface area contributed by atoms with Crippen molar-refractivity contribution in [1.82, 2.24) is 4.90 Å². The van der Waals surface area contributed by atoms with E-state index in [1.165, 1.54) is 12.1 Å². The highest BCUT2D eigenvalue weighted by Crippen LogP contribution is 2.36. The first-order valence-electron chi connectivity index (χ1n) is 10.8. The van der Waals surface area contributed by atoms with Crippen molar-refractivity contribution in [1.29, 1.82) is 0 Å². The molecule has 2 amide bonds. The Hall–Kier alpha value is -2.71. The minimum atomic E-state index is -0.494. The number of benzene rings is 3. The molecule has 1 aliphatic heterocycles. The van der Waals surface area contributed by atoms with Gasteiger partial charge in [-0.1, -0.05) is 53.0 Å². The molecule has 5 nitrogen and oxygen atoms in total. The lowest BCUT2D eigenvalue weighted by atomic mass is 10.1. The molecule has 1 saturated heterocycles. The highest BCUT2D eigenvalue weighted by atomic mass is 35.5. The van der Waals surface area contributed by atoms with Crippen LogP contribution in [0, 0.1) is 5.82 Å². The summed E-state index contributed by atoms with van der Waals surface area (Å²) >= 11 is 19.1. The molecule has 0 atom stereocenters. The predicted octanol–water partition coefficient (Wildman–Crippen LogP) is 8.00. The number of nitrogens with zero attached hydrogens (tertiary/aromatic N) is 1. The average Bonchev–Trinajstić information content (AvgIpc) is 3.08. The number of hydrogen-bond acceptors (Lipinski definition) is 5. The molecule has 0 aliphatic carbocycles. The molecule has 3 aromatic carbocycles. The number of thioether (sulfide) groups is 1. The van der Waals surface area contributed by atoms with Crippen LogP contribution in [0.2, 0.25) is 15.1 Å². The minimum absolute atomic E-state index is 0.0502. The second-order valence-corrected chi connectivity index (χ2v) is 9.91. The van der Waals surface area contributed by atoms with E-state index in [2.05, 4.69) is 0 Å². The molecule has 1 fully saturated rings. The van der Waals surface area contributed by atoms with Crippen molar-refractivity contribution < 1.29 is 23.5 Å². The number of ether oxygens (including phenoxy) is 2. The fourth-order valence-electron chi connectivity index (χ4n) is 3.40. The first-order chi connectivity index (χ1) is 17.2. The van der Waals surface area contributed by atoms with Crippen LogP contribution in [-0.4, -0.2) is 22.7 Å². The topological polar surface area (TPSA) is 55.8 Å². The molecule has 10 heteroatoms. The van der Waals surface area contributed by atoms with E-state index >= 15 is 0 Å². The van der Waals surface area contributed by atoms with Crippen molar-refractivity contribution >= 4 is 63.8 Å². The first-order valence-corrected chi connectivity index (χ1v) is 12.7. The lowest BCUT2D eigenvalue weighted by molar-refractivity contribution is -0.123. The number of rotatable bonds is 8. The van der Waals surface area contributed by atoms with E-state index < -0.39 is 17.0 Å². The van der Waals surface area contributed by atoms with E-state index in [1.54, 1.807) is 42.5 Å². The Bertz CT molecular complexity index is 1370. The number of halogens is 4. The second-order valence-electron chi connectivity index (χ2n) is 7.67. The summed E-state index contributed by atoms with van der Waals surface area (Å²) < 4.78 is 25.0. The van der Waals surface area contributed by atoms with Gasteiger partial charge in [0.15, 0.2) is 11.5 Å². The lowest BCUT2D eigenvalue weighted by Crippen LogP contribution is -2.27. The average molecular weight is 567 g/mol. The maximum Gasteiger partial charge on any atom is 0.293 e. The summed E-state index contributed by atoms with van der Waals surface area (Å²) in [5.74, 6) is 0.0281. The molecule has 0 bridgehead atoms. The Morgan fingerprint density at radius 1 is 0.917 bits per heavy atom. The van der Waals surface area contributed by atoms with Gasteiger partial charge in [0.25, 0.3) is 11.1 Å². The van der Waals surface area contributed by atoms with Crippen molar-refractivity contribution in [2.24, 2.45) is 0 Å². The van der Waals surface area contributed by atoms with Crippen LogP contribution in [0.3, 0.4) is 0 Å². The molecule has 0 saturated carbocycles. The quantitative estimate of drug-likeness (QED) is 0.259. The van der Waals surface area contributed by atoms with Gasteiger partial charge in [-0.3, -0.25) is 14.5 Å². The molecule has 0 unspecified atom stereocenters. The number of hydrogen-bond donors (Lipinski definition) is 0. The van der Waals surface area contributed by atoms with Crippen LogP contribution in [-0.2, 0) is 17.9 Å². The van der Waals surface area contributed by atoms with Crippen LogP contribution in [0.1, 0.15) is 23.6 Å². The van der Waals surface area contributed by atoms with E-state index in [0.717, 1.165) is 28.3 Å². The van der Waals surface area contributed by atoms with Crippen LogP contribution in [0.25, 0.3) is 6.08 Å². The third kappa shape index (κ3) is 6.16. The van der Waals surface area contributed by atoms with Crippen molar-refractivity contribution in [3.05, 3.63) is 97.1 Å². The number of amides is 2. The van der Waals surface area contributed by atoms with Gasteiger partial charge >= 0.3 is 0 Å². The van der Waals surface area contributed by atoms with Gasteiger partial charge in [0.2, 0.25) is 0 Å². The molecule has 1 heterocycles. The molecule has 3 aromatic rings. The summed E-state index contributed by atoms with van der Waals surface area (Å²) in [5.41, 5.74) is 1.89. The van der Waals surface area contributed by atoms with Gasteiger partial charge in [-0.25, -0.2) is 4.39 Å². The van der Waals surface area contributed by atoms with Gasteiger partial charge in [-0.05, 0) is 72.3 Å². The second kappa shape index (κ2) is 11.6. The Morgan fingerprint density at radius 3 is 2.39 bits per heavy atom. The van der Waals surface area contributed by atoms with E-state index in [-0.39, 0.29) is 23.1 Å². The van der Waals surface area contributed by atoms with E-state index in [0.29, 0.717) is 39.3 Å². The van der Waals surface area contributed by atoms with Gasteiger partial charge in [0.1, 0.15) is 12.4 Å². The fraction of sp³-hybridized carbons (Fsp3) is 0.154. The molecule has 0 radical (unpaired) electrons. The Balaban J connectivity index is 1.51. The fourth-order valence-corrected chi connectivity index (χ4v) is 4.93. The molecule has 186 valence electrons. The SMILES string of the molecule is CCOc1cc(/C=C2\SC(=O)N(Cc3ccc(F)cc3Cl)C2=O)ccc1OCc1ccc(Cl)cc1Cl. The molecule has 36 heavy (non-hydrogen) atoms. The van der Waals surface area contributed by atoms with E-state index in [4.69, 9.17) is 44.3 Å². The van der Waals surface area contributed by atoms with Gasteiger partial charge in [-0.15, -0.1) is 0 Å². The maximum absolute atomic E-state index is 13.3. The molecular weight excluding hydrogens is 548 g/mol. The maximum atomic E-state index is 13.3. The Kier molecular flexibility index (Phi) is 8.46. The molecule has 0 N–H and O–H groups in total. The molecule has 0 aromatic heterocycles. The van der Waals surface area contributed by atoms with Gasteiger partial charge in [0, 0.05) is 20.6 Å². The van der Waals surface area contributed by atoms with Crippen LogP contribution in [0.5, 0.6) is 11.5 Å². The highest BCUT2D eigenvalue weighted by molar-refractivity contribution is 8.18. The van der Waals surface area contributed by atoms with Crippen molar-refractivity contribution in [2.75, 3.05) is 6.61 Å². The molecular formula is C26H19Cl3FNO4S. The Morgan fingerprint density at radius 2 is 1.67 bits per heavy atom. The largest absolute Gasteiger partial charge is 0.490 e. The zero-order chi connectivity index (χ0) is 25.8. The van der Waals surface area contributed by atoms with Crippen LogP contribution in [0.15, 0.2) is 59.5 Å². The van der Waals surface area contributed by atoms with Gasteiger partial charge < -0.3 is 9.47 Å². The molecule has 0 spiro atoms. The number of carbonyl (C=O) groups excluding carboxylic acids is 2. The zero-order valence-electron chi connectivity index (χ0n) is 18.9. The monoisotopic (exact) mass is 565 g/mol. The number of carbonyl (C=O) groups is 2. The highest BCUT2D eigenvalue weighted by Gasteiger charge is 2.35. The molecule has 4 rings (SSSR count). The van der Waals surface area contributed by atoms with Gasteiger partial charge in [0.05, 0.1) is 18.1 Å². The predicted molar refractivity (Wildman–Crippen MR) is 141 cm³/mol. The zero-order valence-corrected chi connectivity index (χ0v) is 22.0. The van der Waals surface area contributed by atoms with E-state index in [1.807, 2.05) is 6.92 Å². The van der Waals surface area contributed by atoms with Crippen LogP contribution < -0.4 is 9.47 Å². The standard InChI is InChI=1S/C26H19Cl3FNO4S/c1-2-34-23-9-15(3-8-22(23)35-14-17-4-6-18(27)11-20(17)28)10-24-25(32)31(26(33)36-24)13-16-5-7-19(30)12-21(16)29/h3-12H,2,13-14H2,1H3/b24-10-. The Labute approximate surface area is 226 Å². The normalized spacial score (nSPS) is 14.6. The van der Waals surface area contributed by atoms with Crippen LogP contribution >= 0.6 is 46.6 Å². The number of imide groups is 1. The summed E-state index contributed by atoms with van der Waals surface area (Å²) in [5, 5.41) is 0.745. The van der Waals surface area contributed by atoms with Crippen LogP contribution in [0.4, 0.5) is 9.18 Å². The summed E-state index contributed by atoms with van der Waals surface area (Å²) in [4.78, 5) is 26.8. The third-order valence-electron chi connectivity index (χ3n) is 5.18. The van der Waals surface area contributed by atoms with Gasteiger partial charge in [-0.2, -0.15) is 0 Å². The smallest absolute Gasteiger partial charge is 0.293 e. The lowest BCUT2D eigenvalue weighted by Gasteiger charge is -2.14. The summed E-state index contributed by atoms with van der Waals surface area (Å²) in [6.07, 6.45) is 1.61. The summed E-state index contributed by atoms with van der Waals surface area (Å²) in [6, 6.07) is 14.2. The summed E-state index contributed by atoms with van der Waals surface area (Å²) in [6.45, 7) is 2.40. The van der Waals surface area contributed by atoms with Crippen molar-refractivity contribution in [2.45, 2.75) is 20.1 Å². The third-order valence-corrected chi connectivity index (χ3v) is 7.03. The van der Waals surface area contributed by atoms with Crippen molar-refractivity contribution in [3.8, 4) is 11.5 Å².